The lowest BCUT2D eigenvalue weighted by atomic mass is 10.2. The fourth-order valence-corrected chi connectivity index (χ4v) is 2.25. The maximum atomic E-state index is 13.8. The highest BCUT2D eigenvalue weighted by Gasteiger charge is 2.38. The first-order valence-corrected chi connectivity index (χ1v) is 5.72. The molecule has 1 aliphatic carbocycles. The Labute approximate surface area is 107 Å². The highest BCUT2D eigenvalue weighted by atomic mass is 19.1. The number of aromatic nitrogens is 4. The van der Waals surface area contributed by atoms with Crippen LogP contribution in [0.1, 0.15) is 6.04 Å². The van der Waals surface area contributed by atoms with Crippen molar-refractivity contribution in [3.63, 3.8) is 0 Å². The van der Waals surface area contributed by atoms with Crippen molar-refractivity contribution in [1.82, 2.24) is 19.5 Å². The zero-order chi connectivity index (χ0) is 13.6. The molecule has 0 aliphatic heterocycles. The van der Waals surface area contributed by atoms with Gasteiger partial charge in [0.15, 0.2) is 11.5 Å². The van der Waals surface area contributed by atoms with Gasteiger partial charge in [-0.05, 0) is 6.08 Å². The van der Waals surface area contributed by atoms with Gasteiger partial charge in [-0.15, -0.1) is 0 Å². The summed E-state index contributed by atoms with van der Waals surface area (Å²) < 4.78 is 15.2. The summed E-state index contributed by atoms with van der Waals surface area (Å²) in [6.45, 7) is 0. The summed E-state index contributed by atoms with van der Waals surface area (Å²) in [4.78, 5) is 12.2. The van der Waals surface area contributed by atoms with Gasteiger partial charge < -0.3 is 20.1 Å². The summed E-state index contributed by atoms with van der Waals surface area (Å²) in [6, 6.07) is -1.01. The number of halogens is 1. The van der Waals surface area contributed by atoms with Gasteiger partial charge in [0.1, 0.15) is 35.9 Å². The van der Waals surface area contributed by atoms with Crippen molar-refractivity contribution in [3.05, 3.63) is 24.6 Å². The quantitative estimate of drug-likeness (QED) is 0.707. The van der Waals surface area contributed by atoms with Gasteiger partial charge >= 0.3 is 0 Å². The Balaban J connectivity index is 2.14. The molecule has 3 N–H and O–H groups in total. The van der Waals surface area contributed by atoms with E-state index in [0.717, 1.165) is 6.08 Å². The van der Waals surface area contributed by atoms with Crippen molar-refractivity contribution < 1.29 is 14.6 Å². The van der Waals surface area contributed by atoms with E-state index < -0.39 is 24.1 Å². The Morgan fingerprint density at radius 1 is 1.32 bits per heavy atom. The monoisotopic (exact) mass is 265 g/mol. The third-order valence-corrected chi connectivity index (χ3v) is 3.18. The van der Waals surface area contributed by atoms with E-state index in [0.29, 0.717) is 17.0 Å². The van der Waals surface area contributed by atoms with Crippen LogP contribution in [0, 0.1) is 0 Å². The fraction of sp³-hybridized carbons (Fsp3) is 0.364. The molecule has 0 fully saturated rings. The molecule has 0 aromatic carbocycles. The second-order valence-corrected chi connectivity index (χ2v) is 4.27. The third-order valence-electron chi connectivity index (χ3n) is 3.18. The van der Waals surface area contributed by atoms with Crippen LogP contribution in [-0.2, 0) is 0 Å². The Morgan fingerprint density at radius 2 is 2.11 bits per heavy atom. The molecule has 0 bridgehead atoms. The van der Waals surface area contributed by atoms with Crippen LogP contribution in [0.5, 0.6) is 0 Å². The molecule has 2 heterocycles. The summed E-state index contributed by atoms with van der Waals surface area (Å²) in [5.74, 6) is -0.0925. The number of hydrogen-bond donors (Lipinski definition) is 3. The SMILES string of the molecule is CNc1ncnc2c1ncn2C1C(F)=C[C@H](O)[C@H]1O. The van der Waals surface area contributed by atoms with E-state index in [2.05, 4.69) is 20.3 Å². The lowest BCUT2D eigenvalue weighted by Gasteiger charge is -2.18. The zero-order valence-electron chi connectivity index (χ0n) is 10.0. The average Bonchev–Trinajstić information content (AvgIpc) is 2.92. The number of anilines is 1. The normalized spacial score (nSPS) is 26.7. The number of hydrogen-bond acceptors (Lipinski definition) is 6. The van der Waals surface area contributed by atoms with Crippen LogP contribution in [0.4, 0.5) is 10.2 Å². The Kier molecular flexibility index (Phi) is 2.68. The van der Waals surface area contributed by atoms with Crippen molar-refractivity contribution in [2.45, 2.75) is 18.2 Å². The van der Waals surface area contributed by atoms with Gasteiger partial charge in [-0.25, -0.2) is 19.3 Å². The van der Waals surface area contributed by atoms with Crippen LogP contribution in [0.25, 0.3) is 11.2 Å². The van der Waals surface area contributed by atoms with E-state index in [1.54, 1.807) is 7.05 Å². The number of aliphatic hydroxyl groups excluding tert-OH is 2. The molecule has 0 saturated carbocycles. The Bertz CT molecular complexity index is 656. The fourth-order valence-electron chi connectivity index (χ4n) is 2.25. The molecule has 1 unspecified atom stereocenters. The molecule has 0 radical (unpaired) electrons. The number of nitrogens with one attached hydrogen (secondary N) is 1. The summed E-state index contributed by atoms with van der Waals surface area (Å²) in [7, 11) is 1.69. The third kappa shape index (κ3) is 1.68. The van der Waals surface area contributed by atoms with Crippen LogP contribution < -0.4 is 5.32 Å². The first-order valence-electron chi connectivity index (χ1n) is 5.72. The Morgan fingerprint density at radius 3 is 2.74 bits per heavy atom. The first kappa shape index (κ1) is 12.0. The molecule has 8 heteroatoms. The molecule has 2 aromatic heterocycles. The van der Waals surface area contributed by atoms with Crippen LogP contribution in [-0.4, -0.2) is 49.0 Å². The summed E-state index contributed by atoms with van der Waals surface area (Å²) in [5.41, 5.74) is 0.868. The minimum atomic E-state index is -1.26. The van der Waals surface area contributed by atoms with E-state index in [1.807, 2.05) is 0 Å². The smallest absolute Gasteiger partial charge is 0.166 e. The zero-order valence-corrected chi connectivity index (χ0v) is 10.0. The van der Waals surface area contributed by atoms with Crippen LogP contribution in [0.15, 0.2) is 24.6 Å². The molecule has 0 saturated heterocycles. The molecule has 2 aromatic rings. The maximum Gasteiger partial charge on any atom is 0.166 e. The Hall–Kier alpha value is -2.06. The van der Waals surface area contributed by atoms with Crippen molar-refractivity contribution >= 4 is 17.0 Å². The van der Waals surface area contributed by atoms with Gasteiger partial charge in [-0.3, -0.25) is 0 Å². The molecule has 1 aliphatic rings. The van der Waals surface area contributed by atoms with E-state index in [4.69, 9.17) is 0 Å². The van der Waals surface area contributed by atoms with Gasteiger partial charge in [0, 0.05) is 7.05 Å². The largest absolute Gasteiger partial charge is 0.387 e. The summed E-state index contributed by atoms with van der Waals surface area (Å²) in [6.07, 6.45) is 1.20. The number of rotatable bonds is 2. The van der Waals surface area contributed by atoms with E-state index in [9.17, 15) is 14.6 Å². The summed E-state index contributed by atoms with van der Waals surface area (Å²) >= 11 is 0. The molecular formula is C11H12FN5O2. The van der Waals surface area contributed by atoms with Crippen molar-refractivity contribution in [1.29, 1.82) is 0 Å². The van der Waals surface area contributed by atoms with E-state index in [-0.39, 0.29) is 0 Å². The second kappa shape index (κ2) is 4.25. The molecule has 3 rings (SSSR count). The van der Waals surface area contributed by atoms with E-state index in [1.165, 1.54) is 17.2 Å². The molecule has 100 valence electrons. The number of aliphatic hydroxyl groups is 2. The lowest BCUT2D eigenvalue weighted by molar-refractivity contribution is 0.0338. The standard InChI is InChI=1S/C11H12FN5O2/c1-13-10-7-11(15-3-14-10)17(4-16-7)8-5(12)2-6(18)9(8)19/h2-4,6,8-9,18-19H,1H3,(H,13,14,15)/t6-,8?,9+/m0/s1. The molecule has 0 amide bonds. The van der Waals surface area contributed by atoms with E-state index >= 15 is 0 Å². The van der Waals surface area contributed by atoms with Gasteiger partial charge in [0.2, 0.25) is 0 Å². The minimum Gasteiger partial charge on any atom is -0.387 e. The van der Waals surface area contributed by atoms with Gasteiger partial charge in [0.05, 0.1) is 6.33 Å². The number of fused-ring (bicyclic) bond motifs is 1. The molecule has 0 spiro atoms. The maximum absolute atomic E-state index is 13.8. The molecule has 19 heavy (non-hydrogen) atoms. The van der Waals surface area contributed by atoms with Crippen molar-refractivity contribution in [3.8, 4) is 0 Å². The average molecular weight is 265 g/mol. The predicted molar refractivity (Wildman–Crippen MR) is 65.1 cm³/mol. The van der Waals surface area contributed by atoms with Crippen LogP contribution in [0.2, 0.25) is 0 Å². The highest BCUT2D eigenvalue weighted by molar-refractivity contribution is 5.82. The number of imidazole rings is 1. The molecule has 3 atom stereocenters. The summed E-state index contributed by atoms with van der Waals surface area (Å²) in [5, 5.41) is 22.2. The minimum absolute atomic E-state index is 0.390. The molecule has 7 nitrogen and oxygen atoms in total. The van der Waals surface area contributed by atoms with Gasteiger partial charge in [-0.1, -0.05) is 0 Å². The van der Waals surface area contributed by atoms with Gasteiger partial charge in [0.25, 0.3) is 0 Å². The highest BCUT2D eigenvalue weighted by Crippen LogP contribution is 2.34. The topological polar surface area (TPSA) is 96.1 Å². The first-order chi connectivity index (χ1) is 9.13. The van der Waals surface area contributed by atoms with Crippen molar-refractivity contribution in [2.75, 3.05) is 12.4 Å². The predicted octanol–water partition coefficient (Wildman–Crippen LogP) is -0.00210. The second-order valence-electron chi connectivity index (χ2n) is 4.27. The molecular weight excluding hydrogens is 253 g/mol. The van der Waals surface area contributed by atoms with Crippen LogP contribution in [0.3, 0.4) is 0 Å². The van der Waals surface area contributed by atoms with Gasteiger partial charge in [-0.2, -0.15) is 0 Å². The van der Waals surface area contributed by atoms with Crippen molar-refractivity contribution in [2.24, 2.45) is 0 Å². The van der Waals surface area contributed by atoms with Crippen LogP contribution >= 0.6 is 0 Å². The lowest BCUT2D eigenvalue weighted by Crippen LogP contribution is -2.28. The number of nitrogens with zero attached hydrogens (tertiary/aromatic N) is 4.